The smallest absolute Gasteiger partial charge is 0.0553 e. The molecule has 0 atom stereocenters. The molecule has 0 saturated carbocycles. The molecular weight excluding hydrogens is 757 g/mol. The number of thiophene rings is 1. The number of aromatic nitrogens is 1. The van der Waals surface area contributed by atoms with Gasteiger partial charge in [0.05, 0.1) is 11.0 Å². The van der Waals surface area contributed by atoms with E-state index in [-0.39, 0.29) is 0 Å². The summed E-state index contributed by atoms with van der Waals surface area (Å²) >= 11 is 1.88. The zero-order valence-corrected chi connectivity index (χ0v) is 33.9. The standard InChI is InChI=1S/C58H36N2S/c1-4-12-42(13-5-1)59(43-14-6-2-7-15-43)45-27-22-37(23-28-45)46-29-24-38-20-21-41-35-53-58(50-32-31-49(46)56(38)57(41)50)51-34-39(26-33-52(51)60(53)44-16-8-3-9-17-44)40-25-30-48-47-18-10-11-19-54(47)61-55(48)36-40/h1-36H. The zero-order valence-electron chi connectivity index (χ0n) is 33.1. The summed E-state index contributed by atoms with van der Waals surface area (Å²) in [5.41, 5.74) is 11.9. The molecule has 0 N–H and O–H groups in total. The average molecular weight is 793 g/mol. The van der Waals surface area contributed by atoms with Crippen molar-refractivity contribution in [2.75, 3.05) is 4.90 Å². The third kappa shape index (κ3) is 5.28. The minimum atomic E-state index is 1.12. The predicted octanol–water partition coefficient (Wildman–Crippen LogP) is 16.9. The molecule has 0 aliphatic carbocycles. The van der Waals surface area contributed by atoms with E-state index in [0.29, 0.717) is 0 Å². The summed E-state index contributed by atoms with van der Waals surface area (Å²) in [5, 5.41) is 12.9. The maximum atomic E-state index is 2.46. The maximum absolute atomic E-state index is 2.46. The van der Waals surface area contributed by atoms with Gasteiger partial charge in [-0.05, 0) is 133 Å². The summed E-state index contributed by atoms with van der Waals surface area (Å²) in [4.78, 5) is 2.32. The minimum absolute atomic E-state index is 1.12. The Kier molecular flexibility index (Phi) is 7.51. The molecule has 0 aliphatic rings. The summed E-state index contributed by atoms with van der Waals surface area (Å²) in [5.74, 6) is 0. The van der Waals surface area contributed by atoms with E-state index in [0.717, 1.165) is 17.1 Å². The van der Waals surface area contributed by atoms with Crippen molar-refractivity contribution in [3.05, 3.63) is 218 Å². The summed E-state index contributed by atoms with van der Waals surface area (Å²) in [7, 11) is 0. The van der Waals surface area contributed by atoms with E-state index >= 15 is 0 Å². The normalized spacial score (nSPS) is 11.9. The van der Waals surface area contributed by atoms with Gasteiger partial charge in [-0.3, -0.25) is 0 Å². The van der Waals surface area contributed by atoms with Crippen LogP contribution >= 0.6 is 11.3 Å². The van der Waals surface area contributed by atoms with Crippen LogP contribution in [0.25, 0.3) is 102 Å². The van der Waals surface area contributed by atoms with Crippen molar-refractivity contribution in [2.45, 2.75) is 0 Å². The predicted molar refractivity (Wildman–Crippen MR) is 263 cm³/mol. The van der Waals surface area contributed by atoms with Gasteiger partial charge in [-0.15, -0.1) is 11.3 Å². The molecule has 13 aromatic rings. The molecule has 0 radical (unpaired) electrons. The Bertz CT molecular complexity index is 3750. The van der Waals surface area contributed by atoms with E-state index in [9.17, 15) is 0 Å². The van der Waals surface area contributed by atoms with Crippen LogP contribution in [0.15, 0.2) is 218 Å². The van der Waals surface area contributed by atoms with E-state index < -0.39 is 0 Å². The van der Waals surface area contributed by atoms with Crippen LogP contribution in [0.2, 0.25) is 0 Å². The number of hydrogen-bond donors (Lipinski definition) is 0. The Morgan fingerprint density at radius 2 is 0.902 bits per heavy atom. The van der Waals surface area contributed by atoms with E-state index in [1.165, 1.54) is 102 Å². The van der Waals surface area contributed by atoms with Crippen LogP contribution < -0.4 is 4.90 Å². The molecule has 61 heavy (non-hydrogen) atoms. The topological polar surface area (TPSA) is 8.17 Å². The second-order valence-corrected chi connectivity index (χ2v) is 17.2. The van der Waals surface area contributed by atoms with Gasteiger partial charge in [0, 0.05) is 53.7 Å². The molecule has 0 aliphatic heterocycles. The highest BCUT2D eigenvalue weighted by Crippen LogP contribution is 2.46. The van der Waals surface area contributed by atoms with Gasteiger partial charge in [-0.25, -0.2) is 0 Å². The molecule has 0 unspecified atom stereocenters. The van der Waals surface area contributed by atoms with Gasteiger partial charge in [0.2, 0.25) is 0 Å². The van der Waals surface area contributed by atoms with Gasteiger partial charge in [0.1, 0.15) is 0 Å². The van der Waals surface area contributed by atoms with Crippen LogP contribution in [0.3, 0.4) is 0 Å². The number of nitrogens with zero attached hydrogens (tertiary/aromatic N) is 2. The molecule has 0 fully saturated rings. The number of anilines is 3. The van der Waals surface area contributed by atoms with Crippen molar-refractivity contribution in [1.82, 2.24) is 4.57 Å². The first-order valence-electron chi connectivity index (χ1n) is 20.9. The molecular formula is C58H36N2S. The van der Waals surface area contributed by atoms with Gasteiger partial charge in [-0.1, -0.05) is 140 Å². The van der Waals surface area contributed by atoms with Crippen molar-refractivity contribution in [3.8, 4) is 27.9 Å². The van der Waals surface area contributed by atoms with Crippen LogP contribution in [-0.2, 0) is 0 Å². The summed E-state index contributed by atoms with van der Waals surface area (Å²) in [6, 6.07) is 80.4. The SMILES string of the molecule is c1ccc(N(c2ccccc2)c2ccc(-c3ccc4ccc5cc6c(c7ccc3c4c57)c3cc(-c4ccc5c(c4)sc4ccccc45)ccc3n6-c3ccccc3)cc2)cc1. The second-order valence-electron chi connectivity index (χ2n) is 16.1. The van der Waals surface area contributed by atoms with E-state index in [1.54, 1.807) is 0 Å². The molecule has 2 nitrogen and oxygen atoms in total. The molecule has 0 saturated heterocycles. The molecule has 13 rings (SSSR count). The summed E-state index contributed by atoms with van der Waals surface area (Å²) in [6.07, 6.45) is 0. The van der Waals surface area contributed by atoms with Crippen molar-refractivity contribution in [1.29, 1.82) is 0 Å². The molecule has 0 amide bonds. The van der Waals surface area contributed by atoms with Gasteiger partial charge in [-0.2, -0.15) is 0 Å². The minimum Gasteiger partial charge on any atom is -0.311 e. The lowest BCUT2D eigenvalue weighted by Gasteiger charge is -2.25. The lowest BCUT2D eigenvalue weighted by Crippen LogP contribution is -2.09. The molecule has 2 aromatic heterocycles. The quantitative estimate of drug-likeness (QED) is 0.152. The van der Waals surface area contributed by atoms with Gasteiger partial charge >= 0.3 is 0 Å². The Morgan fingerprint density at radius 1 is 0.328 bits per heavy atom. The van der Waals surface area contributed by atoms with E-state index in [1.807, 2.05) is 11.3 Å². The van der Waals surface area contributed by atoms with Crippen molar-refractivity contribution in [2.24, 2.45) is 0 Å². The average Bonchev–Trinajstić information content (AvgIpc) is 3.87. The number of para-hydroxylation sites is 3. The monoisotopic (exact) mass is 792 g/mol. The molecule has 0 bridgehead atoms. The largest absolute Gasteiger partial charge is 0.311 e. The first-order valence-corrected chi connectivity index (χ1v) is 21.7. The zero-order chi connectivity index (χ0) is 40.0. The molecule has 11 aromatic carbocycles. The fraction of sp³-hybridized carbons (Fsp3) is 0. The third-order valence-electron chi connectivity index (χ3n) is 12.7. The van der Waals surface area contributed by atoms with Crippen LogP contribution in [0, 0.1) is 0 Å². The number of benzene rings is 11. The lowest BCUT2D eigenvalue weighted by molar-refractivity contribution is 1.18. The highest BCUT2D eigenvalue weighted by Gasteiger charge is 2.21. The molecule has 2 heterocycles. The van der Waals surface area contributed by atoms with Crippen molar-refractivity contribution >= 4 is 103 Å². The number of hydrogen-bond acceptors (Lipinski definition) is 2. The molecule has 0 spiro atoms. The first-order chi connectivity index (χ1) is 30.2. The van der Waals surface area contributed by atoms with Gasteiger partial charge in [0.25, 0.3) is 0 Å². The Balaban J connectivity index is 1.01. The highest BCUT2D eigenvalue weighted by molar-refractivity contribution is 7.25. The summed E-state index contributed by atoms with van der Waals surface area (Å²) in [6.45, 7) is 0. The fourth-order valence-corrected chi connectivity index (χ4v) is 11.1. The highest BCUT2D eigenvalue weighted by atomic mass is 32.1. The van der Waals surface area contributed by atoms with E-state index in [4.69, 9.17) is 0 Å². The van der Waals surface area contributed by atoms with Gasteiger partial charge < -0.3 is 9.47 Å². The number of fused-ring (bicyclic) bond motifs is 7. The fourth-order valence-electron chi connectivity index (χ4n) is 9.96. The van der Waals surface area contributed by atoms with Gasteiger partial charge in [0.15, 0.2) is 0 Å². The molecule has 284 valence electrons. The van der Waals surface area contributed by atoms with Crippen LogP contribution in [-0.4, -0.2) is 4.57 Å². The Labute approximate surface area is 356 Å². The van der Waals surface area contributed by atoms with Crippen molar-refractivity contribution < 1.29 is 0 Å². The lowest BCUT2D eigenvalue weighted by atomic mass is 9.88. The van der Waals surface area contributed by atoms with Crippen LogP contribution in [0.1, 0.15) is 0 Å². The second kappa shape index (κ2) is 13.4. The Morgan fingerprint density at radius 3 is 1.69 bits per heavy atom. The van der Waals surface area contributed by atoms with E-state index in [2.05, 4.69) is 228 Å². The third-order valence-corrected chi connectivity index (χ3v) is 13.8. The molecule has 3 heteroatoms. The first kappa shape index (κ1) is 34.2. The van der Waals surface area contributed by atoms with Crippen LogP contribution in [0.5, 0.6) is 0 Å². The summed E-state index contributed by atoms with van der Waals surface area (Å²) < 4.78 is 5.11. The maximum Gasteiger partial charge on any atom is 0.0553 e. The van der Waals surface area contributed by atoms with Crippen molar-refractivity contribution in [3.63, 3.8) is 0 Å². The number of rotatable bonds is 6. The van der Waals surface area contributed by atoms with Crippen LogP contribution in [0.4, 0.5) is 17.1 Å². The Hall–Kier alpha value is -7.72.